The fourth-order valence-electron chi connectivity index (χ4n) is 1.84. The molecule has 0 saturated heterocycles. The molecule has 0 saturated carbocycles. The average molecular weight is 247 g/mol. The third kappa shape index (κ3) is 2.22. The zero-order valence-electron chi connectivity index (χ0n) is 9.31. The summed E-state index contributed by atoms with van der Waals surface area (Å²) in [6.07, 6.45) is 0. The highest BCUT2D eigenvalue weighted by Crippen LogP contribution is 2.33. The van der Waals surface area contributed by atoms with Gasteiger partial charge in [-0.25, -0.2) is 0 Å². The van der Waals surface area contributed by atoms with Gasteiger partial charge in [0.1, 0.15) is 13.2 Å². The Kier molecular flexibility index (Phi) is 2.88. The zero-order chi connectivity index (χ0) is 11.5. The minimum absolute atomic E-state index is 0.627. The van der Waals surface area contributed by atoms with Crippen molar-refractivity contribution in [3.8, 4) is 11.5 Å². The van der Waals surface area contributed by atoms with Crippen LogP contribution in [0.15, 0.2) is 35.0 Å². The van der Waals surface area contributed by atoms with Crippen molar-refractivity contribution in [3.63, 3.8) is 0 Å². The first-order valence-corrected chi connectivity index (χ1v) is 6.51. The third-order valence-corrected chi connectivity index (χ3v) is 3.34. The van der Waals surface area contributed by atoms with Gasteiger partial charge in [-0.1, -0.05) is 12.1 Å². The molecule has 2 heterocycles. The highest BCUT2D eigenvalue weighted by Gasteiger charge is 2.14. The number of nitrogens with one attached hydrogen (secondary N) is 1. The first-order valence-electron chi connectivity index (χ1n) is 5.57. The third-order valence-electron chi connectivity index (χ3n) is 2.65. The predicted octanol–water partition coefficient (Wildman–Crippen LogP) is 3.13. The normalized spacial score (nSPS) is 13.4. The first kappa shape index (κ1) is 10.5. The van der Waals surface area contributed by atoms with Crippen LogP contribution in [0.4, 0.5) is 5.69 Å². The Balaban J connectivity index is 1.78. The van der Waals surface area contributed by atoms with E-state index in [4.69, 9.17) is 9.47 Å². The van der Waals surface area contributed by atoms with Gasteiger partial charge in [0.05, 0.1) is 0 Å². The Bertz CT molecular complexity index is 496. The van der Waals surface area contributed by atoms with Crippen molar-refractivity contribution in [2.75, 3.05) is 18.5 Å². The van der Waals surface area contributed by atoms with Gasteiger partial charge in [-0.05, 0) is 17.5 Å². The van der Waals surface area contributed by atoms with Crippen LogP contribution in [0.3, 0.4) is 0 Å². The highest BCUT2D eigenvalue weighted by molar-refractivity contribution is 7.08. The summed E-state index contributed by atoms with van der Waals surface area (Å²) >= 11 is 1.69. The minimum atomic E-state index is 0.627. The molecule has 1 aliphatic rings. The van der Waals surface area contributed by atoms with Gasteiger partial charge >= 0.3 is 0 Å². The fourth-order valence-corrected chi connectivity index (χ4v) is 2.45. The number of hydrogen-bond donors (Lipinski definition) is 1. The van der Waals surface area contributed by atoms with E-state index in [1.807, 2.05) is 12.1 Å². The lowest BCUT2D eigenvalue weighted by Gasteiger charge is -2.21. The summed E-state index contributed by atoms with van der Waals surface area (Å²) in [4.78, 5) is 0. The molecule has 0 atom stereocenters. The van der Waals surface area contributed by atoms with Crippen molar-refractivity contribution in [2.24, 2.45) is 0 Å². The monoisotopic (exact) mass is 247 g/mol. The molecule has 2 aromatic rings. The van der Waals surface area contributed by atoms with Crippen molar-refractivity contribution >= 4 is 17.0 Å². The Labute approximate surface area is 104 Å². The minimum Gasteiger partial charge on any atom is -0.486 e. The van der Waals surface area contributed by atoms with Gasteiger partial charge in [-0.15, -0.1) is 0 Å². The number of anilines is 1. The molecular formula is C13H13NO2S. The van der Waals surface area contributed by atoms with Crippen LogP contribution in [-0.2, 0) is 6.54 Å². The summed E-state index contributed by atoms with van der Waals surface area (Å²) < 4.78 is 11.2. The summed E-state index contributed by atoms with van der Waals surface area (Å²) in [5.74, 6) is 1.72. The van der Waals surface area contributed by atoms with Crippen LogP contribution >= 0.6 is 11.3 Å². The predicted molar refractivity (Wildman–Crippen MR) is 69.1 cm³/mol. The van der Waals surface area contributed by atoms with Crippen LogP contribution in [0.1, 0.15) is 5.56 Å². The van der Waals surface area contributed by atoms with E-state index in [2.05, 4.69) is 28.2 Å². The van der Waals surface area contributed by atoms with Crippen LogP contribution < -0.4 is 14.8 Å². The zero-order valence-corrected chi connectivity index (χ0v) is 10.1. The fraction of sp³-hybridized carbons (Fsp3) is 0.231. The Hall–Kier alpha value is -1.68. The van der Waals surface area contributed by atoms with Crippen molar-refractivity contribution in [1.29, 1.82) is 0 Å². The van der Waals surface area contributed by atoms with E-state index in [1.165, 1.54) is 0 Å². The Morgan fingerprint density at radius 3 is 3.00 bits per heavy atom. The lowest BCUT2D eigenvalue weighted by Crippen LogP contribution is -2.17. The molecule has 1 aliphatic heterocycles. The maximum atomic E-state index is 5.66. The van der Waals surface area contributed by atoms with Crippen LogP contribution in [0.25, 0.3) is 0 Å². The van der Waals surface area contributed by atoms with Gasteiger partial charge in [-0.3, -0.25) is 0 Å². The van der Waals surface area contributed by atoms with Gasteiger partial charge in [0.15, 0.2) is 11.5 Å². The van der Waals surface area contributed by atoms with Crippen LogP contribution in [0, 0.1) is 0 Å². The van der Waals surface area contributed by atoms with E-state index >= 15 is 0 Å². The lowest BCUT2D eigenvalue weighted by molar-refractivity contribution is 0.170. The summed E-state index contributed by atoms with van der Waals surface area (Å²) in [7, 11) is 0. The standard InChI is InChI=1S/C13H13NO2S/c1-2-10(8-14-11-4-7-17-9-11)13-12(3-1)15-5-6-16-13/h1-4,7,9,14H,5-6,8H2. The van der Waals surface area contributed by atoms with E-state index in [0.29, 0.717) is 13.2 Å². The average Bonchev–Trinajstić information content (AvgIpc) is 2.89. The molecule has 1 N–H and O–H groups in total. The van der Waals surface area contributed by atoms with Gasteiger partial charge in [-0.2, -0.15) is 11.3 Å². The molecule has 0 amide bonds. The summed E-state index contributed by atoms with van der Waals surface area (Å²) in [6.45, 7) is 2.01. The summed E-state index contributed by atoms with van der Waals surface area (Å²) in [5, 5.41) is 7.51. The molecular weight excluding hydrogens is 234 g/mol. The number of ether oxygens (including phenoxy) is 2. The largest absolute Gasteiger partial charge is 0.486 e. The number of fused-ring (bicyclic) bond motifs is 1. The molecule has 3 rings (SSSR count). The molecule has 4 heteroatoms. The van der Waals surface area contributed by atoms with E-state index in [9.17, 15) is 0 Å². The first-order chi connectivity index (χ1) is 8.43. The molecule has 0 fully saturated rings. The van der Waals surface area contributed by atoms with Gasteiger partial charge in [0, 0.05) is 23.2 Å². The smallest absolute Gasteiger partial charge is 0.166 e. The maximum Gasteiger partial charge on any atom is 0.166 e. The van der Waals surface area contributed by atoms with Crippen molar-refractivity contribution in [1.82, 2.24) is 0 Å². The van der Waals surface area contributed by atoms with Crippen molar-refractivity contribution in [3.05, 3.63) is 40.6 Å². The number of hydrogen-bond acceptors (Lipinski definition) is 4. The molecule has 1 aromatic heterocycles. The van der Waals surface area contributed by atoms with E-state index in [0.717, 1.165) is 29.3 Å². The second kappa shape index (κ2) is 4.67. The second-order valence-corrected chi connectivity index (χ2v) is 4.59. The Morgan fingerprint density at radius 1 is 1.18 bits per heavy atom. The molecule has 0 aliphatic carbocycles. The maximum absolute atomic E-state index is 5.66. The topological polar surface area (TPSA) is 30.5 Å². The summed E-state index contributed by atoms with van der Waals surface area (Å²) in [6, 6.07) is 8.07. The molecule has 3 nitrogen and oxygen atoms in total. The van der Waals surface area contributed by atoms with Crippen LogP contribution in [0.2, 0.25) is 0 Å². The second-order valence-electron chi connectivity index (χ2n) is 3.81. The van der Waals surface area contributed by atoms with E-state index < -0.39 is 0 Å². The van der Waals surface area contributed by atoms with Crippen LogP contribution in [0.5, 0.6) is 11.5 Å². The molecule has 0 radical (unpaired) electrons. The number of benzene rings is 1. The van der Waals surface area contributed by atoms with Gasteiger partial charge in [0.25, 0.3) is 0 Å². The molecule has 17 heavy (non-hydrogen) atoms. The molecule has 0 spiro atoms. The Morgan fingerprint density at radius 2 is 2.12 bits per heavy atom. The van der Waals surface area contributed by atoms with Gasteiger partial charge in [0.2, 0.25) is 0 Å². The molecule has 1 aromatic carbocycles. The number of thiophene rings is 1. The SMILES string of the molecule is c1cc(CNc2ccsc2)c2c(c1)OCCO2. The van der Waals surface area contributed by atoms with Crippen molar-refractivity contribution < 1.29 is 9.47 Å². The van der Waals surface area contributed by atoms with E-state index in [-0.39, 0.29) is 0 Å². The summed E-state index contributed by atoms with van der Waals surface area (Å²) in [5.41, 5.74) is 2.28. The molecule has 88 valence electrons. The highest BCUT2D eigenvalue weighted by atomic mass is 32.1. The lowest BCUT2D eigenvalue weighted by atomic mass is 10.1. The molecule has 0 unspecified atom stereocenters. The van der Waals surface area contributed by atoms with Crippen LogP contribution in [-0.4, -0.2) is 13.2 Å². The quantitative estimate of drug-likeness (QED) is 0.904. The van der Waals surface area contributed by atoms with Gasteiger partial charge < -0.3 is 14.8 Å². The van der Waals surface area contributed by atoms with E-state index in [1.54, 1.807) is 11.3 Å². The number of rotatable bonds is 3. The molecule has 0 bridgehead atoms. The van der Waals surface area contributed by atoms with Crippen molar-refractivity contribution in [2.45, 2.75) is 6.54 Å². The number of para-hydroxylation sites is 1.